The summed E-state index contributed by atoms with van der Waals surface area (Å²) in [7, 11) is -34.3. The first kappa shape index (κ1) is 98.5. The van der Waals surface area contributed by atoms with Crippen LogP contribution in [0.5, 0.6) is 0 Å². The maximum absolute atomic E-state index is 14.2. The molecule has 8 bridgehead atoms. The molecule has 0 atom stereocenters. The Morgan fingerprint density at radius 1 is 0.292 bits per heavy atom. The summed E-state index contributed by atoms with van der Waals surface area (Å²) in [4.78, 5) is 59.1. The normalized spacial score (nSPS) is 24.9. The number of fused-ring (bicyclic) bond motifs is 4. The number of hydrogen-bond donors (Lipinski definition) is 0. The zero-order valence-corrected chi connectivity index (χ0v) is 85.8. The highest BCUT2D eigenvalue weighted by atomic mass is 32.2. The number of anilines is 2. The molecule has 0 aliphatic carbocycles. The molecule has 8 aliphatic heterocycles. The molecular formula is C84H126N2O18S8Si8. The summed E-state index contributed by atoms with van der Waals surface area (Å²) in [5, 5.41) is 0. The predicted molar refractivity (Wildman–Crippen MR) is 515 cm³/mol. The molecule has 2 amide bonds. The van der Waals surface area contributed by atoms with Gasteiger partial charge < -0.3 is 68.7 Å². The number of unbranched alkanes of at least 4 members (excludes halogenated alkanes) is 6. The van der Waals surface area contributed by atoms with Crippen LogP contribution in [0.3, 0.4) is 0 Å². The fourth-order valence-corrected chi connectivity index (χ4v) is 77.8. The van der Waals surface area contributed by atoms with Crippen molar-refractivity contribution < 1.29 is 78.0 Å². The molecule has 0 saturated carbocycles. The summed E-state index contributed by atoms with van der Waals surface area (Å²) in [5.74, 6) is 23.9. The Morgan fingerprint density at radius 3 is 0.758 bits per heavy atom. The van der Waals surface area contributed by atoms with Gasteiger partial charge in [0.15, 0.2) is 0 Å². The second-order valence-electron chi connectivity index (χ2n) is 30.7. The summed E-state index contributed by atoms with van der Waals surface area (Å²) in [6.07, 6.45) is 13.6. The van der Waals surface area contributed by atoms with E-state index in [2.05, 4.69) is 65.2 Å². The summed E-state index contributed by atoms with van der Waals surface area (Å²) in [6.45, 7) is 14.4. The zero-order chi connectivity index (χ0) is 84.3. The first-order chi connectivity index (χ1) is 58.5. The lowest BCUT2D eigenvalue weighted by Gasteiger charge is -2.63. The molecule has 4 aromatic rings. The van der Waals surface area contributed by atoms with E-state index in [1.54, 1.807) is 33.3 Å². The van der Waals surface area contributed by atoms with Gasteiger partial charge >= 0.3 is 82.4 Å². The lowest BCUT2D eigenvalue weighted by Crippen LogP contribution is -2.88. The molecule has 120 heavy (non-hydrogen) atoms. The highest BCUT2D eigenvalue weighted by Crippen LogP contribution is 2.55. The van der Waals surface area contributed by atoms with Crippen molar-refractivity contribution in [2.24, 2.45) is 0 Å². The van der Waals surface area contributed by atoms with Gasteiger partial charge in [-0.25, -0.2) is 0 Å². The number of rotatable bonds is 56. The number of nitrogens with zero attached hydrogens (tertiary/aromatic N) is 2. The maximum atomic E-state index is 14.2. The van der Waals surface area contributed by atoms with E-state index in [1.165, 1.54) is 0 Å². The minimum atomic E-state index is -4.32. The Kier molecular flexibility index (Phi) is 41.7. The number of carbonyl (C=O) groups excluding carboxylic acids is 4. The van der Waals surface area contributed by atoms with Crippen molar-refractivity contribution in [2.45, 2.75) is 219 Å². The second-order valence-corrected chi connectivity index (χ2v) is 65.2. The number of para-hydroxylation sites is 2. The Hall–Kier alpha value is -2.06. The average molecular weight is 1930 g/mol. The van der Waals surface area contributed by atoms with Crippen LogP contribution in [0.2, 0.25) is 48.4 Å². The third-order valence-corrected chi connectivity index (χ3v) is 69.0. The molecule has 0 N–H and O–H groups in total. The summed E-state index contributed by atoms with van der Waals surface area (Å²) in [5.41, 5.74) is 6.61. The zero-order valence-electron chi connectivity index (χ0n) is 71.3. The van der Waals surface area contributed by atoms with Gasteiger partial charge in [0.05, 0.1) is 50.5 Å². The van der Waals surface area contributed by atoms with E-state index in [9.17, 15) is 19.2 Å². The van der Waals surface area contributed by atoms with Crippen LogP contribution < -0.4 is 9.80 Å². The first-order valence-electron chi connectivity index (χ1n) is 43.8. The molecule has 6 saturated heterocycles. The van der Waals surface area contributed by atoms with Crippen molar-refractivity contribution >= 4 is 200 Å². The number of hydrogen-bond acceptors (Lipinski definition) is 26. The maximum Gasteiger partial charge on any atom is 0.479 e. The summed E-state index contributed by atoms with van der Waals surface area (Å²) < 4.78 is 112. The fraction of sp³-hybridized carbons (Fsp3) is 0.619. The molecule has 6 fully saturated rings. The van der Waals surface area contributed by atoms with Gasteiger partial charge in [-0.05, 0) is 191 Å². The minimum Gasteiger partial charge on any atom is -0.466 e. The van der Waals surface area contributed by atoms with Crippen LogP contribution in [-0.4, -0.2) is 199 Å². The van der Waals surface area contributed by atoms with E-state index < -0.39 is 82.4 Å². The Bertz CT molecular complexity index is 3630. The van der Waals surface area contributed by atoms with E-state index in [-0.39, 0.29) is 50.7 Å². The van der Waals surface area contributed by atoms with Crippen molar-refractivity contribution in [3.8, 4) is 23.7 Å². The van der Waals surface area contributed by atoms with Crippen LogP contribution in [0.1, 0.15) is 190 Å². The molecule has 36 heteroatoms. The number of carbonyl (C=O) groups is 4. The number of ether oxygens (including phenoxy) is 2. The van der Waals surface area contributed by atoms with Crippen molar-refractivity contribution in [2.75, 3.05) is 115 Å². The Morgan fingerprint density at radius 2 is 0.508 bits per heavy atom. The van der Waals surface area contributed by atoms with Gasteiger partial charge in [0.1, 0.15) is 0 Å². The lowest BCUT2D eigenvalue weighted by atomic mass is 10.0. The highest BCUT2D eigenvalue weighted by molar-refractivity contribution is 8.00. The summed E-state index contributed by atoms with van der Waals surface area (Å²) in [6, 6.07) is 34.2. The third kappa shape index (κ3) is 29.5. The largest absolute Gasteiger partial charge is 0.479 e. The molecule has 4 aromatic carbocycles. The van der Waals surface area contributed by atoms with Gasteiger partial charge in [-0.1, -0.05) is 164 Å². The fourth-order valence-electron chi connectivity index (χ4n) is 14.4. The van der Waals surface area contributed by atoms with Gasteiger partial charge in [-0.15, -0.1) is 0 Å². The molecule has 0 aromatic heterocycles. The quantitative estimate of drug-likeness (QED) is 0.0174. The minimum absolute atomic E-state index is 0.00959. The summed E-state index contributed by atoms with van der Waals surface area (Å²) >= 11 is 14.7. The van der Waals surface area contributed by atoms with Crippen LogP contribution in [0.15, 0.2) is 97.1 Å². The van der Waals surface area contributed by atoms with Gasteiger partial charge in [-0.3, -0.25) is 19.2 Å². The Labute approximate surface area is 758 Å². The molecular weight excluding hydrogens is 1810 g/mol. The second kappa shape index (κ2) is 50.8. The number of esters is 2. The Balaban J connectivity index is 0.891. The molecule has 0 radical (unpaired) electrons. The van der Waals surface area contributed by atoms with E-state index in [4.69, 9.17) is 58.9 Å². The van der Waals surface area contributed by atoms with Gasteiger partial charge in [0, 0.05) is 83.4 Å². The van der Waals surface area contributed by atoms with Crippen molar-refractivity contribution in [3.63, 3.8) is 0 Å². The predicted octanol–water partition coefficient (Wildman–Crippen LogP) is 19.8. The van der Waals surface area contributed by atoms with Crippen molar-refractivity contribution in [1.82, 2.24) is 0 Å². The van der Waals surface area contributed by atoms with Gasteiger partial charge in [0.2, 0.25) is 11.8 Å². The molecule has 0 spiro atoms. The molecule has 660 valence electrons. The monoisotopic (exact) mass is 1930 g/mol. The van der Waals surface area contributed by atoms with Crippen molar-refractivity contribution in [3.05, 3.63) is 130 Å². The topological polar surface area (TPSA) is 204 Å². The van der Waals surface area contributed by atoms with Crippen molar-refractivity contribution in [1.29, 1.82) is 0 Å². The molecule has 0 unspecified atom stereocenters. The molecule has 12 rings (SSSR count). The van der Waals surface area contributed by atoms with Gasteiger partial charge in [-0.2, -0.15) is 94.1 Å². The van der Waals surface area contributed by atoms with E-state index in [1.807, 2.05) is 168 Å². The molecule has 8 aliphatic rings. The SMILES string of the molecule is CCCCSCC[Si]12O[Si]3(CCSCCCC)O[Si]4(CCSCCCC)O[Si]5(CCSCCCC)O[Si](CCSCCCC)(O[Si](CCSCCCC)(O1)O[Si](CCSCCCOC(=O)CCC(=O)N1Cc6ccccc6C#Cc6ccccc61)(O3)O5)O[Si](CCSCCCOC(=O)CCC(=O)N1Cc3ccccc3C#Cc3ccccc31)(O2)O4. The molecule has 20 nitrogen and oxygen atoms in total. The van der Waals surface area contributed by atoms with Gasteiger partial charge in [0.25, 0.3) is 0 Å². The lowest BCUT2D eigenvalue weighted by molar-refractivity contribution is -0.145. The number of thioether (sulfide) groups is 8. The number of amides is 2. The van der Waals surface area contributed by atoms with E-state index in [0.717, 1.165) is 156 Å². The van der Waals surface area contributed by atoms with E-state index >= 15 is 0 Å². The van der Waals surface area contributed by atoms with Crippen LogP contribution in [0.4, 0.5) is 11.4 Å². The van der Waals surface area contributed by atoms with Crippen LogP contribution in [0, 0.1) is 23.7 Å². The number of benzene rings is 4. The standard InChI is InChI=1S/C84H126N2O18S8Si8/c1-7-13-47-105-55-63-113-93-114(64-56-106-48-14-8-2)95-116(66-58-108-50-16-10-4)97-118(68-60-110-52-18-12-6)98-117(67-59-109-51-17-11-5,103-119(99-113,102-116)69-61-111-53-27-45-91-83(89)43-41-81(87)85-71-77-33-21-19-29-73(77)37-39-75-31-23-25-35-79(75)85)96-115(94-113,65-57-107-49-15-9-3)101-120(100-114,104-118)70-62-112-54-28-46-92-84(90)44-42-82(88)86-72-78-34-22-20-30-74(78)38-40-76-32-24-26-36-80(76)86/h19-26,29-36H,7-18,27-28,41-72H2,1-6H3. The highest BCUT2D eigenvalue weighted by Gasteiger charge is 2.83. The first-order valence-corrected chi connectivity index (χ1v) is 68.5. The van der Waals surface area contributed by atoms with Crippen LogP contribution >= 0.6 is 94.1 Å². The molecule has 8 heterocycles. The van der Waals surface area contributed by atoms with Crippen LogP contribution in [0.25, 0.3) is 0 Å². The van der Waals surface area contributed by atoms with Crippen LogP contribution in [-0.2, 0) is 91.1 Å². The third-order valence-electron chi connectivity index (χ3n) is 20.8. The average Bonchev–Trinajstić information content (AvgIpc) is 0.685. The smallest absolute Gasteiger partial charge is 0.466 e. The van der Waals surface area contributed by atoms with E-state index in [0.29, 0.717) is 132 Å².